The maximum absolute atomic E-state index is 5.78. The second kappa shape index (κ2) is 5.24. The Labute approximate surface area is 114 Å². The van der Waals surface area contributed by atoms with Gasteiger partial charge in [0, 0.05) is 30.0 Å². The Morgan fingerprint density at radius 3 is 2.67 bits per heavy atom. The molecular weight excluding hydrogens is 244 g/mol. The third-order valence-electron chi connectivity index (χ3n) is 3.47. The van der Waals surface area contributed by atoms with Crippen LogP contribution in [0.25, 0.3) is 0 Å². The van der Waals surface area contributed by atoms with Gasteiger partial charge in [0.2, 0.25) is 0 Å². The molecule has 3 N–H and O–H groups in total. The van der Waals surface area contributed by atoms with Crippen LogP contribution in [-0.2, 0) is 4.74 Å². The fourth-order valence-corrected chi connectivity index (χ4v) is 2.43. The highest BCUT2D eigenvalue weighted by Gasteiger charge is 2.27. The number of nitrogens with one attached hydrogen (secondary N) is 1. The molecule has 0 amide bonds. The van der Waals surface area contributed by atoms with Gasteiger partial charge in [0.1, 0.15) is 4.99 Å². The van der Waals surface area contributed by atoms with Crippen molar-refractivity contribution in [3.63, 3.8) is 0 Å². The Bertz CT molecular complexity index is 453. The average molecular weight is 264 g/mol. The van der Waals surface area contributed by atoms with Crippen LogP contribution in [0.3, 0.4) is 0 Å². The van der Waals surface area contributed by atoms with E-state index in [9.17, 15) is 0 Å². The van der Waals surface area contributed by atoms with Crippen LogP contribution in [0.4, 0.5) is 5.69 Å². The topological polar surface area (TPSA) is 47.3 Å². The molecule has 0 radical (unpaired) electrons. The first-order valence-corrected chi connectivity index (χ1v) is 6.67. The minimum atomic E-state index is 0.0611. The number of ether oxygens (including phenoxy) is 1. The van der Waals surface area contributed by atoms with E-state index in [2.05, 4.69) is 25.2 Å². The average Bonchev–Trinajstić information content (AvgIpc) is 2.28. The number of rotatable bonds is 3. The summed E-state index contributed by atoms with van der Waals surface area (Å²) in [5.41, 5.74) is 9.00. The zero-order valence-electron chi connectivity index (χ0n) is 11.0. The van der Waals surface area contributed by atoms with Gasteiger partial charge in [-0.05, 0) is 44.4 Å². The van der Waals surface area contributed by atoms with E-state index in [-0.39, 0.29) is 5.54 Å². The Morgan fingerprint density at radius 2 is 2.06 bits per heavy atom. The quantitative estimate of drug-likeness (QED) is 0.824. The molecule has 4 heteroatoms. The molecule has 0 unspecified atom stereocenters. The largest absolute Gasteiger partial charge is 0.389 e. The lowest BCUT2D eigenvalue weighted by molar-refractivity contribution is 0.0658. The summed E-state index contributed by atoms with van der Waals surface area (Å²) in [5.74, 6) is 0. The molecule has 0 aliphatic carbocycles. The highest BCUT2D eigenvalue weighted by molar-refractivity contribution is 7.80. The minimum absolute atomic E-state index is 0.0611. The summed E-state index contributed by atoms with van der Waals surface area (Å²) < 4.78 is 5.41. The zero-order valence-corrected chi connectivity index (χ0v) is 11.8. The van der Waals surface area contributed by atoms with E-state index in [1.807, 2.05) is 12.1 Å². The number of benzene rings is 1. The number of hydrogen-bond donors (Lipinski definition) is 2. The molecule has 0 spiro atoms. The molecular formula is C14H20N2OS. The second-order valence-electron chi connectivity index (χ2n) is 5.21. The van der Waals surface area contributed by atoms with Crippen LogP contribution in [0.5, 0.6) is 0 Å². The Hall–Kier alpha value is -1.13. The molecule has 98 valence electrons. The molecule has 1 aliphatic heterocycles. The van der Waals surface area contributed by atoms with Crippen molar-refractivity contribution in [1.29, 1.82) is 0 Å². The van der Waals surface area contributed by atoms with Crippen molar-refractivity contribution in [2.45, 2.75) is 32.2 Å². The predicted molar refractivity (Wildman–Crippen MR) is 79.1 cm³/mol. The van der Waals surface area contributed by atoms with Gasteiger partial charge in [0.15, 0.2) is 0 Å². The SMILES string of the molecule is Cc1ccc(C(N)=S)c(NC2(C)CCOCC2)c1. The van der Waals surface area contributed by atoms with E-state index in [4.69, 9.17) is 22.7 Å². The molecule has 1 aromatic carbocycles. The van der Waals surface area contributed by atoms with Crippen LogP contribution in [0.2, 0.25) is 0 Å². The molecule has 1 aromatic rings. The summed E-state index contributed by atoms with van der Waals surface area (Å²) in [4.78, 5) is 0.438. The Kier molecular flexibility index (Phi) is 3.88. The summed E-state index contributed by atoms with van der Waals surface area (Å²) in [7, 11) is 0. The first kappa shape index (κ1) is 13.3. The van der Waals surface area contributed by atoms with Gasteiger partial charge in [-0.15, -0.1) is 0 Å². The first-order valence-electron chi connectivity index (χ1n) is 6.27. The van der Waals surface area contributed by atoms with Crippen LogP contribution >= 0.6 is 12.2 Å². The van der Waals surface area contributed by atoms with Crippen LogP contribution < -0.4 is 11.1 Å². The molecule has 0 aromatic heterocycles. The van der Waals surface area contributed by atoms with Gasteiger partial charge in [0.25, 0.3) is 0 Å². The van der Waals surface area contributed by atoms with E-state index in [1.165, 1.54) is 5.56 Å². The molecule has 0 bridgehead atoms. The molecule has 1 fully saturated rings. The number of nitrogens with two attached hydrogens (primary N) is 1. The predicted octanol–water partition coefficient (Wildman–Crippen LogP) is 2.61. The first-order chi connectivity index (χ1) is 8.50. The number of anilines is 1. The third-order valence-corrected chi connectivity index (χ3v) is 3.69. The van der Waals surface area contributed by atoms with Gasteiger partial charge in [0.05, 0.1) is 0 Å². The number of aryl methyl sites for hydroxylation is 1. The summed E-state index contributed by atoms with van der Waals surface area (Å²) in [5, 5.41) is 3.60. The van der Waals surface area contributed by atoms with E-state index < -0.39 is 0 Å². The van der Waals surface area contributed by atoms with E-state index in [0.717, 1.165) is 37.3 Å². The van der Waals surface area contributed by atoms with Crippen molar-refractivity contribution in [2.24, 2.45) is 5.73 Å². The van der Waals surface area contributed by atoms with Crippen molar-refractivity contribution < 1.29 is 4.74 Å². The van der Waals surface area contributed by atoms with Gasteiger partial charge in [-0.3, -0.25) is 0 Å². The van der Waals surface area contributed by atoms with E-state index in [0.29, 0.717) is 4.99 Å². The molecule has 0 saturated carbocycles. The van der Waals surface area contributed by atoms with Crippen molar-refractivity contribution in [2.75, 3.05) is 18.5 Å². The molecule has 3 nitrogen and oxygen atoms in total. The molecule has 2 rings (SSSR count). The normalized spacial score (nSPS) is 18.3. The lowest BCUT2D eigenvalue weighted by atomic mass is 9.91. The van der Waals surface area contributed by atoms with Gasteiger partial charge < -0.3 is 15.8 Å². The van der Waals surface area contributed by atoms with Crippen LogP contribution in [0.1, 0.15) is 30.9 Å². The molecule has 18 heavy (non-hydrogen) atoms. The van der Waals surface area contributed by atoms with Gasteiger partial charge in [-0.2, -0.15) is 0 Å². The summed E-state index contributed by atoms with van der Waals surface area (Å²) >= 11 is 5.11. The van der Waals surface area contributed by atoms with Gasteiger partial charge in [-0.25, -0.2) is 0 Å². The van der Waals surface area contributed by atoms with E-state index >= 15 is 0 Å². The monoisotopic (exact) mass is 264 g/mol. The summed E-state index contributed by atoms with van der Waals surface area (Å²) in [6.07, 6.45) is 2.00. The van der Waals surface area contributed by atoms with Crippen LogP contribution in [-0.4, -0.2) is 23.7 Å². The standard InChI is InChI=1S/C14H20N2OS/c1-10-3-4-11(13(15)18)12(9-10)16-14(2)5-7-17-8-6-14/h3-4,9,16H,5-8H2,1-2H3,(H2,15,18). The number of thiocarbonyl (C=S) groups is 1. The van der Waals surface area contributed by atoms with E-state index in [1.54, 1.807) is 0 Å². The highest BCUT2D eigenvalue weighted by Crippen LogP contribution is 2.28. The van der Waals surface area contributed by atoms with Crippen LogP contribution in [0, 0.1) is 6.92 Å². The summed E-state index contributed by atoms with van der Waals surface area (Å²) in [6.45, 7) is 5.90. The third kappa shape index (κ3) is 3.00. The van der Waals surface area contributed by atoms with Gasteiger partial charge >= 0.3 is 0 Å². The lowest BCUT2D eigenvalue weighted by Crippen LogP contribution is -2.41. The van der Waals surface area contributed by atoms with Gasteiger partial charge in [-0.1, -0.05) is 18.3 Å². The molecule has 1 saturated heterocycles. The zero-order chi connectivity index (χ0) is 13.2. The Morgan fingerprint density at radius 1 is 1.39 bits per heavy atom. The highest BCUT2D eigenvalue weighted by atomic mass is 32.1. The van der Waals surface area contributed by atoms with Crippen molar-refractivity contribution in [3.8, 4) is 0 Å². The minimum Gasteiger partial charge on any atom is -0.389 e. The van der Waals surface area contributed by atoms with Crippen molar-refractivity contribution >= 4 is 22.9 Å². The molecule has 1 heterocycles. The van der Waals surface area contributed by atoms with Crippen LogP contribution in [0.15, 0.2) is 18.2 Å². The fourth-order valence-electron chi connectivity index (χ4n) is 2.25. The van der Waals surface area contributed by atoms with Crippen molar-refractivity contribution in [1.82, 2.24) is 0 Å². The fraction of sp³-hybridized carbons (Fsp3) is 0.500. The number of hydrogen-bond acceptors (Lipinski definition) is 3. The maximum Gasteiger partial charge on any atom is 0.106 e. The smallest absolute Gasteiger partial charge is 0.106 e. The molecule has 1 aliphatic rings. The lowest BCUT2D eigenvalue weighted by Gasteiger charge is -2.36. The molecule has 0 atom stereocenters. The maximum atomic E-state index is 5.78. The second-order valence-corrected chi connectivity index (χ2v) is 5.65. The Balaban J connectivity index is 2.26. The summed E-state index contributed by atoms with van der Waals surface area (Å²) in [6, 6.07) is 6.13. The van der Waals surface area contributed by atoms with Crippen molar-refractivity contribution in [3.05, 3.63) is 29.3 Å².